The molecule has 0 aliphatic carbocycles. The van der Waals surface area contributed by atoms with Gasteiger partial charge in [0.1, 0.15) is 5.75 Å². The second-order valence-electron chi connectivity index (χ2n) is 7.96. The summed E-state index contributed by atoms with van der Waals surface area (Å²) in [6.45, 7) is 11.4. The molecule has 0 saturated carbocycles. The minimum atomic E-state index is -1.75. The Morgan fingerprint density at radius 3 is 1.62 bits per heavy atom. The van der Waals surface area contributed by atoms with Crippen molar-refractivity contribution in [2.45, 2.75) is 57.6 Å². The van der Waals surface area contributed by atoms with E-state index in [1.165, 1.54) is 16.7 Å². The smallest absolute Gasteiger partial charge is 0.250 e. The van der Waals surface area contributed by atoms with Crippen molar-refractivity contribution >= 4 is 19.9 Å². The van der Waals surface area contributed by atoms with Crippen molar-refractivity contribution in [3.63, 3.8) is 0 Å². The first kappa shape index (κ1) is 19.1. The fourth-order valence-electron chi connectivity index (χ4n) is 2.26. The second-order valence-corrected chi connectivity index (χ2v) is 12.9. The molecule has 2 aromatic carbocycles. The summed E-state index contributed by atoms with van der Waals surface area (Å²) in [4.78, 5) is 0. The van der Waals surface area contributed by atoms with E-state index in [0.717, 1.165) is 18.6 Å². The summed E-state index contributed by atoms with van der Waals surface area (Å²) in [6.07, 6.45) is 2.09. The predicted molar refractivity (Wildman–Crippen MR) is 108 cm³/mol. The zero-order valence-corrected chi connectivity index (χ0v) is 17.3. The lowest BCUT2D eigenvalue weighted by atomic mass is 10.0. The summed E-state index contributed by atoms with van der Waals surface area (Å²) in [7, 11) is -1.75. The molecule has 2 rings (SSSR count). The first-order valence-corrected chi connectivity index (χ1v) is 12.1. The molecule has 24 heavy (non-hydrogen) atoms. The van der Waals surface area contributed by atoms with E-state index in [4.69, 9.17) is 16.0 Å². The monoisotopic (exact) mass is 360 g/mol. The van der Waals surface area contributed by atoms with Gasteiger partial charge in [0.2, 0.25) is 8.32 Å². The maximum Gasteiger partial charge on any atom is 0.250 e. The van der Waals surface area contributed by atoms with E-state index >= 15 is 0 Å². The molecule has 0 radical (unpaired) electrons. The third-order valence-corrected chi connectivity index (χ3v) is 9.65. The van der Waals surface area contributed by atoms with Crippen LogP contribution in [0.3, 0.4) is 0 Å². The van der Waals surface area contributed by atoms with E-state index < -0.39 is 8.32 Å². The van der Waals surface area contributed by atoms with Gasteiger partial charge in [-0.15, -0.1) is 11.6 Å². The number of alkyl halides is 1. The van der Waals surface area contributed by atoms with Crippen LogP contribution >= 0.6 is 11.6 Å². The SMILES string of the molecule is CC(C)(C)[Si](C)(C)Oc1ccc(CCc2ccc(CCl)cc2)cc1. The molecule has 0 aromatic heterocycles. The van der Waals surface area contributed by atoms with E-state index in [9.17, 15) is 0 Å². The highest BCUT2D eigenvalue weighted by molar-refractivity contribution is 6.74. The van der Waals surface area contributed by atoms with Gasteiger partial charge in [-0.2, -0.15) is 0 Å². The average Bonchev–Trinajstić information content (AvgIpc) is 2.53. The molecule has 130 valence electrons. The Labute approximate surface area is 153 Å². The second kappa shape index (κ2) is 7.75. The first-order valence-electron chi connectivity index (χ1n) is 8.63. The lowest BCUT2D eigenvalue weighted by molar-refractivity contribution is 0.492. The molecule has 0 aliphatic rings. The standard InChI is InChI=1S/C21H29ClOSi/c1-21(2,3)24(4,5)23-20-14-12-18(13-15-20)7-6-17-8-10-19(16-22)11-9-17/h8-15H,6-7,16H2,1-5H3. The third-order valence-electron chi connectivity index (χ3n) is 4.98. The van der Waals surface area contributed by atoms with Gasteiger partial charge in [-0.05, 0) is 59.8 Å². The van der Waals surface area contributed by atoms with E-state index in [-0.39, 0.29) is 5.04 Å². The number of benzene rings is 2. The summed E-state index contributed by atoms with van der Waals surface area (Å²) < 4.78 is 6.34. The molecule has 0 bridgehead atoms. The number of halogens is 1. The van der Waals surface area contributed by atoms with Gasteiger partial charge in [0.15, 0.2) is 0 Å². The maximum atomic E-state index is 6.34. The molecule has 0 fully saturated rings. The molecule has 3 heteroatoms. The summed E-state index contributed by atoms with van der Waals surface area (Å²) in [5, 5.41) is 0.223. The summed E-state index contributed by atoms with van der Waals surface area (Å²) in [6, 6.07) is 17.2. The zero-order chi connectivity index (χ0) is 17.8. The summed E-state index contributed by atoms with van der Waals surface area (Å²) >= 11 is 5.83. The summed E-state index contributed by atoms with van der Waals surface area (Å²) in [5.74, 6) is 1.58. The Kier molecular flexibility index (Phi) is 6.16. The van der Waals surface area contributed by atoms with Crippen molar-refractivity contribution in [3.05, 3.63) is 65.2 Å². The fourth-order valence-corrected chi connectivity index (χ4v) is 3.47. The van der Waals surface area contributed by atoms with Crippen LogP contribution in [0.15, 0.2) is 48.5 Å². The van der Waals surface area contributed by atoms with Crippen LogP contribution in [0, 0.1) is 0 Å². The van der Waals surface area contributed by atoms with E-state index in [1.54, 1.807) is 0 Å². The molecular formula is C21H29ClOSi. The van der Waals surface area contributed by atoms with Crippen LogP contribution in [0.5, 0.6) is 5.75 Å². The van der Waals surface area contributed by atoms with Gasteiger partial charge in [0.25, 0.3) is 0 Å². The number of aryl methyl sites for hydroxylation is 2. The molecule has 0 saturated heterocycles. The topological polar surface area (TPSA) is 9.23 Å². The van der Waals surface area contributed by atoms with Crippen LogP contribution in [0.25, 0.3) is 0 Å². The van der Waals surface area contributed by atoms with Crippen LogP contribution in [-0.4, -0.2) is 8.32 Å². The van der Waals surface area contributed by atoms with Gasteiger partial charge < -0.3 is 4.43 Å². The van der Waals surface area contributed by atoms with Crippen LogP contribution < -0.4 is 4.43 Å². The predicted octanol–water partition coefficient (Wildman–Crippen LogP) is 6.59. The minimum Gasteiger partial charge on any atom is -0.544 e. The minimum absolute atomic E-state index is 0.223. The van der Waals surface area contributed by atoms with Crippen molar-refractivity contribution in [3.8, 4) is 5.75 Å². The van der Waals surface area contributed by atoms with Gasteiger partial charge in [-0.3, -0.25) is 0 Å². The molecule has 1 nitrogen and oxygen atoms in total. The molecule has 0 amide bonds. The Bertz CT molecular complexity index is 639. The molecule has 0 unspecified atom stereocenters. The van der Waals surface area contributed by atoms with Crippen LogP contribution in [0.4, 0.5) is 0 Å². The Morgan fingerprint density at radius 2 is 1.21 bits per heavy atom. The van der Waals surface area contributed by atoms with Gasteiger partial charge in [0.05, 0.1) is 0 Å². The normalized spacial score (nSPS) is 12.2. The van der Waals surface area contributed by atoms with Crippen LogP contribution in [0.2, 0.25) is 18.1 Å². The Hall–Kier alpha value is -1.25. The van der Waals surface area contributed by atoms with E-state index in [1.807, 2.05) is 0 Å². The van der Waals surface area contributed by atoms with E-state index in [0.29, 0.717) is 5.88 Å². The van der Waals surface area contributed by atoms with Crippen molar-refractivity contribution in [1.29, 1.82) is 0 Å². The van der Waals surface area contributed by atoms with Crippen molar-refractivity contribution in [2.75, 3.05) is 0 Å². The average molecular weight is 361 g/mol. The van der Waals surface area contributed by atoms with Gasteiger partial charge in [0, 0.05) is 5.88 Å². The molecule has 2 aromatic rings. The number of hydrogen-bond donors (Lipinski definition) is 0. The molecule has 0 atom stereocenters. The largest absolute Gasteiger partial charge is 0.544 e. The van der Waals surface area contributed by atoms with Gasteiger partial charge >= 0.3 is 0 Å². The van der Waals surface area contributed by atoms with Crippen LogP contribution in [-0.2, 0) is 18.7 Å². The molecule has 0 heterocycles. The van der Waals surface area contributed by atoms with E-state index in [2.05, 4.69) is 82.4 Å². The molecule has 0 N–H and O–H groups in total. The highest BCUT2D eigenvalue weighted by atomic mass is 35.5. The third kappa shape index (κ3) is 5.12. The van der Waals surface area contributed by atoms with Crippen molar-refractivity contribution in [2.24, 2.45) is 0 Å². The molecule has 0 spiro atoms. The quantitative estimate of drug-likeness (QED) is 0.416. The zero-order valence-electron chi connectivity index (χ0n) is 15.5. The summed E-state index contributed by atoms with van der Waals surface area (Å²) in [5.41, 5.74) is 3.87. The van der Waals surface area contributed by atoms with Gasteiger partial charge in [-0.25, -0.2) is 0 Å². The first-order chi connectivity index (χ1) is 11.2. The van der Waals surface area contributed by atoms with Crippen molar-refractivity contribution in [1.82, 2.24) is 0 Å². The highest BCUT2D eigenvalue weighted by Gasteiger charge is 2.38. The fraction of sp³-hybridized carbons (Fsp3) is 0.429. The number of hydrogen-bond acceptors (Lipinski definition) is 1. The molecular weight excluding hydrogens is 332 g/mol. The Balaban J connectivity index is 1.94. The maximum absolute atomic E-state index is 6.34. The Morgan fingerprint density at radius 1 is 0.792 bits per heavy atom. The van der Waals surface area contributed by atoms with Crippen LogP contribution in [0.1, 0.15) is 37.5 Å². The lowest BCUT2D eigenvalue weighted by Gasteiger charge is -2.36. The van der Waals surface area contributed by atoms with Crippen molar-refractivity contribution < 1.29 is 4.43 Å². The lowest BCUT2D eigenvalue weighted by Crippen LogP contribution is -2.43. The molecule has 0 aliphatic heterocycles. The number of rotatable bonds is 6. The highest BCUT2D eigenvalue weighted by Crippen LogP contribution is 2.37. The van der Waals surface area contributed by atoms with Gasteiger partial charge in [-0.1, -0.05) is 57.2 Å².